The lowest BCUT2D eigenvalue weighted by Gasteiger charge is -2.31. The van der Waals surface area contributed by atoms with Crippen molar-refractivity contribution in [3.8, 4) is 0 Å². The highest BCUT2D eigenvalue weighted by atomic mass is 32.2. The maximum Gasteiger partial charge on any atom is 0.275 e. The van der Waals surface area contributed by atoms with E-state index in [2.05, 4.69) is 10.4 Å². The van der Waals surface area contributed by atoms with Gasteiger partial charge in [0.25, 0.3) is 5.91 Å². The molecule has 2 fully saturated rings. The summed E-state index contributed by atoms with van der Waals surface area (Å²) in [7, 11) is -1.78. The zero-order valence-corrected chi connectivity index (χ0v) is 15.3. The molecule has 1 amide bonds. The molecule has 1 saturated carbocycles. The standard InChI is InChI=1S/C15H25N5O3S/c1-11-15(12(2)18(3)17-11)24(22,23)20-8-6-19(7-9-20)10-14(21)16-13-4-5-13/h13H,4-10H2,1-3H3,(H,16,21)/p+1. The molecule has 2 N–H and O–H groups in total. The summed E-state index contributed by atoms with van der Waals surface area (Å²) in [5.41, 5.74) is 1.19. The van der Waals surface area contributed by atoms with Crippen LogP contribution in [-0.2, 0) is 21.9 Å². The zero-order chi connectivity index (χ0) is 17.5. The molecule has 0 aromatic carbocycles. The smallest absolute Gasteiger partial charge is 0.275 e. The minimum absolute atomic E-state index is 0.0720. The predicted octanol–water partition coefficient (Wildman–Crippen LogP) is -1.80. The van der Waals surface area contributed by atoms with Crippen molar-refractivity contribution in [3.05, 3.63) is 11.4 Å². The molecule has 2 aliphatic rings. The van der Waals surface area contributed by atoms with Crippen LogP contribution in [0, 0.1) is 13.8 Å². The Morgan fingerprint density at radius 2 is 1.92 bits per heavy atom. The van der Waals surface area contributed by atoms with Crippen LogP contribution in [0.15, 0.2) is 4.90 Å². The number of aromatic nitrogens is 2. The third-order valence-corrected chi connectivity index (χ3v) is 6.97. The monoisotopic (exact) mass is 356 g/mol. The van der Waals surface area contributed by atoms with E-state index in [0.29, 0.717) is 55.0 Å². The van der Waals surface area contributed by atoms with Crippen LogP contribution in [-0.4, -0.2) is 67.2 Å². The van der Waals surface area contributed by atoms with Crippen LogP contribution in [0.2, 0.25) is 0 Å². The van der Waals surface area contributed by atoms with Gasteiger partial charge in [0.15, 0.2) is 6.54 Å². The lowest BCUT2D eigenvalue weighted by Crippen LogP contribution is -3.15. The van der Waals surface area contributed by atoms with E-state index in [1.54, 1.807) is 25.6 Å². The van der Waals surface area contributed by atoms with Gasteiger partial charge in [0.1, 0.15) is 4.90 Å². The number of piperazine rings is 1. The molecule has 0 spiro atoms. The van der Waals surface area contributed by atoms with Gasteiger partial charge >= 0.3 is 0 Å². The molecule has 24 heavy (non-hydrogen) atoms. The Morgan fingerprint density at radius 1 is 1.29 bits per heavy atom. The lowest BCUT2D eigenvalue weighted by atomic mass is 10.3. The van der Waals surface area contributed by atoms with Crippen molar-refractivity contribution in [1.82, 2.24) is 19.4 Å². The fourth-order valence-corrected chi connectivity index (χ4v) is 5.05. The van der Waals surface area contributed by atoms with Crippen LogP contribution in [0.3, 0.4) is 0 Å². The first-order valence-electron chi connectivity index (χ1n) is 8.42. The van der Waals surface area contributed by atoms with E-state index < -0.39 is 10.0 Å². The molecule has 134 valence electrons. The summed E-state index contributed by atoms with van der Waals surface area (Å²) < 4.78 is 28.9. The SMILES string of the molecule is Cc1nn(C)c(C)c1S(=O)(=O)N1CC[NH+](CC(=O)NC2CC2)CC1. The number of hydrogen-bond donors (Lipinski definition) is 2. The van der Waals surface area contributed by atoms with Gasteiger partial charge in [-0.25, -0.2) is 8.42 Å². The molecule has 3 rings (SSSR count). The van der Waals surface area contributed by atoms with Crippen molar-refractivity contribution < 1.29 is 18.1 Å². The van der Waals surface area contributed by atoms with Crippen LogP contribution in [0.5, 0.6) is 0 Å². The van der Waals surface area contributed by atoms with Crippen molar-refractivity contribution in [3.63, 3.8) is 0 Å². The fraction of sp³-hybridized carbons (Fsp3) is 0.733. The quantitative estimate of drug-likeness (QED) is 0.652. The van der Waals surface area contributed by atoms with Gasteiger partial charge in [0.05, 0.1) is 37.6 Å². The Kier molecular flexibility index (Phi) is 4.67. The number of aryl methyl sites for hydroxylation is 2. The average Bonchev–Trinajstić information content (AvgIpc) is 3.26. The first-order chi connectivity index (χ1) is 11.3. The van der Waals surface area contributed by atoms with Crippen molar-refractivity contribution >= 4 is 15.9 Å². The first-order valence-corrected chi connectivity index (χ1v) is 9.86. The number of nitrogens with one attached hydrogen (secondary N) is 2. The van der Waals surface area contributed by atoms with Gasteiger partial charge in [-0.1, -0.05) is 0 Å². The number of carbonyl (C=O) groups is 1. The highest BCUT2D eigenvalue weighted by molar-refractivity contribution is 7.89. The average molecular weight is 356 g/mol. The molecule has 0 bridgehead atoms. The zero-order valence-electron chi connectivity index (χ0n) is 14.5. The number of rotatable bonds is 5. The Morgan fingerprint density at radius 3 is 2.42 bits per heavy atom. The molecule has 9 heteroatoms. The predicted molar refractivity (Wildman–Crippen MR) is 88.2 cm³/mol. The highest BCUT2D eigenvalue weighted by Gasteiger charge is 2.35. The number of carbonyl (C=O) groups excluding carboxylic acids is 1. The number of quaternary nitrogens is 1. The van der Waals surface area contributed by atoms with E-state index in [4.69, 9.17) is 0 Å². The van der Waals surface area contributed by atoms with Crippen molar-refractivity contribution in [2.24, 2.45) is 7.05 Å². The third kappa shape index (κ3) is 3.47. The normalized spacial score (nSPS) is 20.3. The second-order valence-corrected chi connectivity index (χ2v) is 8.67. The van der Waals surface area contributed by atoms with Gasteiger partial charge in [0.2, 0.25) is 10.0 Å². The maximum absolute atomic E-state index is 12.9. The van der Waals surface area contributed by atoms with Crippen LogP contribution in [0.4, 0.5) is 0 Å². The Hall–Kier alpha value is -1.45. The molecule has 0 unspecified atom stereocenters. The number of hydrogen-bond acceptors (Lipinski definition) is 4. The summed E-state index contributed by atoms with van der Waals surface area (Å²) in [6.07, 6.45) is 2.16. The van der Waals surface area contributed by atoms with Crippen LogP contribution >= 0.6 is 0 Å². The minimum atomic E-state index is -3.53. The Labute approximate surface area is 142 Å². The fourth-order valence-electron chi connectivity index (χ4n) is 3.21. The number of nitrogens with zero attached hydrogens (tertiary/aromatic N) is 3. The lowest BCUT2D eigenvalue weighted by molar-refractivity contribution is -0.895. The second kappa shape index (κ2) is 6.45. The van der Waals surface area contributed by atoms with Gasteiger partial charge in [-0.3, -0.25) is 9.48 Å². The Bertz CT molecular complexity index is 731. The van der Waals surface area contributed by atoms with Gasteiger partial charge in [-0.15, -0.1) is 0 Å². The van der Waals surface area contributed by atoms with E-state index >= 15 is 0 Å². The number of amides is 1. The van der Waals surface area contributed by atoms with Crippen LogP contribution in [0.25, 0.3) is 0 Å². The summed E-state index contributed by atoms with van der Waals surface area (Å²) in [5.74, 6) is 0.0720. The van der Waals surface area contributed by atoms with E-state index in [-0.39, 0.29) is 5.91 Å². The minimum Gasteiger partial charge on any atom is -0.348 e. The molecule has 1 aromatic rings. The third-order valence-electron chi connectivity index (χ3n) is 4.82. The largest absolute Gasteiger partial charge is 0.348 e. The van der Waals surface area contributed by atoms with Crippen LogP contribution < -0.4 is 10.2 Å². The maximum atomic E-state index is 12.9. The summed E-state index contributed by atoms with van der Waals surface area (Å²) in [5, 5.41) is 7.20. The van der Waals surface area contributed by atoms with Crippen molar-refractivity contribution in [2.75, 3.05) is 32.7 Å². The van der Waals surface area contributed by atoms with Crippen molar-refractivity contribution in [1.29, 1.82) is 0 Å². The first kappa shape index (κ1) is 17.4. The number of sulfonamides is 1. The van der Waals surface area contributed by atoms with E-state index in [1.165, 1.54) is 4.31 Å². The van der Waals surface area contributed by atoms with E-state index in [9.17, 15) is 13.2 Å². The Balaban J connectivity index is 1.62. The summed E-state index contributed by atoms with van der Waals surface area (Å²) in [6.45, 7) is 6.09. The molecule has 0 radical (unpaired) electrons. The molecule has 1 aliphatic carbocycles. The molecule has 1 aliphatic heterocycles. The molecule has 0 atom stereocenters. The van der Waals surface area contributed by atoms with Gasteiger partial charge in [-0.2, -0.15) is 9.40 Å². The van der Waals surface area contributed by atoms with Gasteiger partial charge in [-0.05, 0) is 26.7 Å². The highest BCUT2D eigenvalue weighted by Crippen LogP contribution is 2.22. The topological polar surface area (TPSA) is 88.7 Å². The molecule has 1 saturated heterocycles. The van der Waals surface area contributed by atoms with Crippen molar-refractivity contribution in [2.45, 2.75) is 37.6 Å². The molecule has 1 aromatic heterocycles. The molecule has 8 nitrogen and oxygen atoms in total. The van der Waals surface area contributed by atoms with E-state index in [0.717, 1.165) is 17.7 Å². The summed E-state index contributed by atoms with van der Waals surface area (Å²) in [6, 6.07) is 0.370. The molecular formula is C15H26N5O3S+. The van der Waals surface area contributed by atoms with Crippen LogP contribution in [0.1, 0.15) is 24.2 Å². The van der Waals surface area contributed by atoms with Gasteiger partial charge in [0, 0.05) is 13.1 Å². The summed E-state index contributed by atoms with van der Waals surface area (Å²) in [4.78, 5) is 13.3. The summed E-state index contributed by atoms with van der Waals surface area (Å²) >= 11 is 0. The molecular weight excluding hydrogens is 330 g/mol. The second-order valence-electron chi connectivity index (χ2n) is 6.80. The molecule has 2 heterocycles. The van der Waals surface area contributed by atoms with Gasteiger partial charge < -0.3 is 10.2 Å². The van der Waals surface area contributed by atoms with E-state index in [1.807, 2.05) is 0 Å².